The number of rotatable bonds is 4. The van der Waals surface area contributed by atoms with Crippen molar-refractivity contribution in [2.75, 3.05) is 0 Å². The summed E-state index contributed by atoms with van der Waals surface area (Å²) in [6.07, 6.45) is 2.29. The standard InChI is InChI=1S/C14H14N8/c1-2-12-17-9-5-3-4-6-10(9)22(12)7-11-18-14(21-19-11)13-15-8-16-20-13/h3-6,8H,2,7H2,1H3,(H,15,16,20)(H,18,19,21). The molecule has 2 N–H and O–H groups in total. The molecule has 4 rings (SSSR count). The van der Waals surface area contributed by atoms with Gasteiger partial charge in [-0.25, -0.2) is 15.0 Å². The Hall–Kier alpha value is -3.03. The number of aromatic nitrogens is 8. The van der Waals surface area contributed by atoms with E-state index in [0.29, 0.717) is 18.2 Å². The van der Waals surface area contributed by atoms with Crippen LogP contribution in [0.15, 0.2) is 30.6 Å². The Morgan fingerprint density at radius 1 is 1.14 bits per heavy atom. The first-order valence-electron chi connectivity index (χ1n) is 7.06. The van der Waals surface area contributed by atoms with E-state index < -0.39 is 0 Å². The number of aryl methyl sites for hydroxylation is 1. The minimum atomic E-state index is 0.509. The number of H-pyrrole nitrogens is 2. The van der Waals surface area contributed by atoms with Crippen molar-refractivity contribution in [3.63, 3.8) is 0 Å². The number of imidazole rings is 1. The maximum absolute atomic E-state index is 4.66. The minimum Gasteiger partial charge on any atom is -0.320 e. The van der Waals surface area contributed by atoms with Crippen LogP contribution in [0.5, 0.6) is 0 Å². The summed E-state index contributed by atoms with van der Waals surface area (Å²) < 4.78 is 2.15. The van der Waals surface area contributed by atoms with Gasteiger partial charge in [0.1, 0.15) is 18.0 Å². The lowest BCUT2D eigenvalue weighted by Gasteiger charge is -2.05. The van der Waals surface area contributed by atoms with Crippen LogP contribution in [0.25, 0.3) is 22.7 Å². The molecule has 8 nitrogen and oxygen atoms in total. The molecule has 0 bridgehead atoms. The molecule has 0 spiro atoms. The molecule has 4 aromatic rings. The highest BCUT2D eigenvalue weighted by atomic mass is 15.3. The van der Waals surface area contributed by atoms with Crippen molar-refractivity contribution in [2.45, 2.75) is 19.9 Å². The molecule has 3 aromatic heterocycles. The van der Waals surface area contributed by atoms with Gasteiger partial charge in [0.25, 0.3) is 0 Å². The lowest BCUT2D eigenvalue weighted by molar-refractivity contribution is 0.718. The monoisotopic (exact) mass is 294 g/mol. The van der Waals surface area contributed by atoms with Crippen LogP contribution in [-0.4, -0.2) is 39.9 Å². The van der Waals surface area contributed by atoms with Crippen molar-refractivity contribution in [1.82, 2.24) is 39.9 Å². The van der Waals surface area contributed by atoms with Crippen molar-refractivity contribution in [3.05, 3.63) is 42.2 Å². The van der Waals surface area contributed by atoms with E-state index in [-0.39, 0.29) is 0 Å². The third-order valence-corrected chi connectivity index (χ3v) is 3.52. The van der Waals surface area contributed by atoms with Crippen LogP contribution >= 0.6 is 0 Å². The number of benzene rings is 1. The first kappa shape index (κ1) is 12.7. The molecule has 0 unspecified atom stereocenters. The molecule has 0 aliphatic heterocycles. The van der Waals surface area contributed by atoms with Gasteiger partial charge in [-0.15, -0.1) is 5.10 Å². The average molecular weight is 294 g/mol. The van der Waals surface area contributed by atoms with E-state index in [0.717, 1.165) is 29.1 Å². The van der Waals surface area contributed by atoms with Crippen LogP contribution in [0.4, 0.5) is 0 Å². The van der Waals surface area contributed by atoms with Crippen molar-refractivity contribution in [3.8, 4) is 11.6 Å². The maximum atomic E-state index is 4.66. The summed E-state index contributed by atoms with van der Waals surface area (Å²) in [7, 11) is 0. The summed E-state index contributed by atoms with van der Waals surface area (Å²) in [4.78, 5) is 13.2. The van der Waals surface area contributed by atoms with E-state index in [1.165, 1.54) is 6.33 Å². The van der Waals surface area contributed by atoms with Crippen molar-refractivity contribution < 1.29 is 0 Å². The molecule has 1 aromatic carbocycles. The van der Waals surface area contributed by atoms with E-state index in [2.05, 4.69) is 52.9 Å². The highest BCUT2D eigenvalue weighted by molar-refractivity contribution is 5.76. The van der Waals surface area contributed by atoms with Crippen LogP contribution in [0, 0.1) is 0 Å². The first-order valence-corrected chi connectivity index (χ1v) is 7.06. The van der Waals surface area contributed by atoms with E-state index in [9.17, 15) is 0 Å². The summed E-state index contributed by atoms with van der Waals surface area (Å²) in [6.45, 7) is 2.68. The quantitative estimate of drug-likeness (QED) is 0.594. The number of para-hydroxylation sites is 2. The predicted octanol–water partition coefficient (Wildman–Crippen LogP) is 1.55. The van der Waals surface area contributed by atoms with Gasteiger partial charge in [0.05, 0.1) is 17.6 Å². The second-order valence-corrected chi connectivity index (χ2v) is 4.90. The van der Waals surface area contributed by atoms with E-state index in [1.54, 1.807) is 0 Å². The van der Waals surface area contributed by atoms with Crippen molar-refractivity contribution in [1.29, 1.82) is 0 Å². The summed E-state index contributed by atoms with van der Waals surface area (Å²) in [5.74, 6) is 2.84. The van der Waals surface area contributed by atoms with Gasteiger partial charge in [-0.05, 0) is 12.1 Å². The normalized spacial score (nSPS) is 11.3. The zero-order valence-corrected chi connectivity index (χ0v) is 12.0. The van der Waals surface area contributed by atoms with Gasteiger partial charge >= 0.3 is 0 Å². The van der Waals surface area contributed by atoms with Crippen LogP contribution in [0.2, 0.25) is 0 Å². The number of hydrogen-bond donors (Lipinski definition) is 2. The lowest BCUT2D eigenvalue weighted by Crippen LogP contribution is -2.05. The molecule has 0 aliphatic carbocycles. The molecule has 0 amide bonds. The smallest absolute Gasteiger partial charge is 0.218 e. The van der Waals surface area contributed by atoms with Crippen LogP contribution in [-0.2, 0) is 13.0 Å². The Balaban J connectivity index is 1.72. The minimum absolute atomic E-state index is 0.509. The Kier molecular flexibility index (Phi) is 2.92. The van der Waals surface area contributed by atoms with Gasteiger partial charge in [-0.1, -0.05) is 19.1 Å². The Labute approximate surface area is 125 Å². The fraction of sp³-hybridized carbons (Fsp3) is 0.214. The summed E-state index contributed by atoms with van der Waals surface area (Å²) in [5.41, 5.74) is 2.09. The second kappa shape index (κ2) is 5.06. The van der Waals surface area contributed by atoms with Gasteiger partial charge in [-0.2, -0.15) is 5.10 Å². The van der Waals surface area contributed by atoms with E-state index >= 15 is 0 Å². The highest BCUT2D eigenvalue weighted by Crippen LogP contribution is 2.18. The topological polar surface area (TPSA) is 101 Å². The molecular weight excluding hydrogens is 280 g/mol. The number of fused-ring (bicyclic) bond motifs is 1. The second-order valence-electron chi connectivity index (χ2n) is 4.90. The zero-order valence-electron chi connectivity index (χ0n) is 12.0. The largest absolute Gasteiger partial charge is 0.320 e. The fourth-order valence-electron chi connectivity index (χ4n) is 2.51. The molecule has 0 aliphatic rings. The molecule has 0 atom stereocenters. The third-order valence-electron chi connectivity index (χ3n) is 3.52. The molecular formula is C14H14N8. The van der Waals surface area contributed by atoms with Gasteiger partial charge in [0, 0.05) is 6.42 Å². The molecule has 110 valence electrons. The molecule has 0 fully saturated rings. The predicted molar refractivity (Wildman–Crippen MR) is 80.0 cm³/mol. The summed E-state index contributed by atoms with van der Waals surface area (Å²) >= 11 is 0. The number of nitrogens with one attached hydrogen (secondary N) is 2. The summed E-state index contributed by atoms with van der Waals surface area (Å²) in [5, 5.41) is 13.7. The zero-order chi connectivity index (χ0) is 14.9. The van der Waals surface area contributed by atoms with Crippen LogP contribution in [0.3, 0.4) is 0 Å². The fourth-order valence-corrected chi connectivity index (χ4v) is 2.51. The van der Waals surface area contributed by atoms with Crippen molar-refractivity contribution >= 4 is 11.0 Å². The molecule has 0 radical (unpaired) electrons. The SMILES string of the molecule is CCc1nc2ccccc2n1Cc1nc(-c2ncn[nH]2)n[nH]1. The van der Waals surface area contributed by atoms with Gasteiger partial charge in [-0.3, -0.25) is 10.2 Å². The molecule has 3 heterocycles. The first-order chi connectivity index (χ1) is 10.8. The van der Waals surface area contributed by atoms with E-state index in [4.69, 9.17) is 0 Å². The van der Waals surface area contributed by atoms with Gasteiger partial charge < -0.3 is 4.57 Å². The third kappa shape index (κ3) is 2.05. The molecule has 22 heavy (non-hydrogen) atoms. The number of nitrogens with zero attached hydrogens (tertiary/aromatic N) is 6. The van der Waals surface area contributed by atoms with Crippen LogP contribution < -0.4 is 0 Å². The number of aromatic amines is 2. The molecule has 0 saturated carbocycles. The number of hydrogen-bond acceptors (Lipinski definition) is 5. The van der Waals surface area contributed by atoms with Gasteiger partial charge in [0.2, 0.25) is 5.82 Å². The molecule has 0 saturated heterocycles. The van der Waals surface area contributed by atoms with Crippen molar-refractivity contribution in [2.24, 2.45) is 0 Å². The molecule has 8 heteroatoms. The average Bonchev–Trinajstić information content (AvgIpc) is 3.27. The Morgan fingerprint density at radius 2 is 2.05 bits per heavy atom. The Bertz CT molecular complexity index is 902. The highest BCUT2D eigenvalue weighted by Gasteiger charge is 2.13. The Morgan fingerprint density at radius 3 is 2.86 bits per heavy atom. The maximum Gasteiger partial charge on any atom is 0.218 e. The van der Waals surface area contributed by atoms with Gasteiger partial charge in [0.15, 0.2) is 5.82 Å². The van der Waals surface area contributed by atoms with Crippen LogP contribution in [0.1, 0.15) is 18.6 Å². The van der Waals surface area contributed by atoms with E-state index in [1.807, 2.05) is 18.2 Å². The summed E-state index contributed by atoms with van der Waals surface area (Å²) in [6, 6.07) is 8.09. The lowest BCUT2D eigenvalue weighted by atomic mass is 10.3.